The van der Waals surface area contributed by atoms with E-state index in [0.29, 0.717) is 29.1 Å². The van der Waals surface area contributed by atoms with Gasteiger partial charge in [-0.2, -0.15) is 0 Å². The fourth-order valence-electron chi connectivity index (χ4n) is 2.37. The topological polar surface area (TPSA) is 89.3 Å². The van der Waals surface area contributed by atoms with Gasteiger partial charge in [0.1, 0.15) is 0 Å². The van der Waals surface area contributed by atoms with Crippen molar-refractivity contribution in [2.24, 2.45) is 5.73 Å². The zero-order chi connectivity index (χ0) is 18.3. The summed E-state index contributed by atoms with van der Waals surface area (Å²) in [5.41, 5.74) is 7.60. The first kappa shape index (κ1) is 22.2. The van der Waals surface area contributed by atoms with Crippen molar-refractivity contribution < 1.29 is 13.2 Å². The Morgan fingerprint density at radius 3 is 2.19 bits per heavy atom. The van der Waals surface area contributed by atoms with Gasteiger partial charge < -0.3 is 11.1 Å². The van der Waals surface area contributed by atoms with Crippen molar-refractivity contribution in [2.75, 3.05) is 13.1 Å². The van der Waals surface area contributed by atoms with Gasteiger partial charge in [-0.1, -0.05) is 29.8 Å². The Labute approximate surface area is 161 Å². The van der Waals surface area contributed by atoms with Crippen molar-refractivity contribution in [3.05, 3.63) is 65.2 Å². The molecule has 2 rings (SSSR count). The van der Waals surface area contributed by atoms with Gasteiger partial charge in [0, 0.05) is 12.1 Å². The van der Waals surface area contributed by atoms with Crippen LogP contribution in [0.15, 0.2) is 53.4 Å². The molecule has 0 spiro atoms. The van der Waals surface area contributed by atoms with Crippen molar-refractivity contribution >= 4 is 28.2 Å². The molecule has 0 saturated heterocycles. The predicted molar refractivity (Wildman–Crippen MR) is 106 cm³/mol. The molecule has 142 valence electrons. The summed E-state index contributed by atoms with van der Waals surface area (Å²) >= 11 is 0. The maximum atomic E-state index is 12.4. The molecule has 5 nitrogen and oxygen atoms in total. The number of halogens is 1. The molecule has 0 aromatic heterocycles. The molecule has 0 atom stereocenters. The standard InChI is InChI=1S/C19H24N2O3S.ClH/c1-15-4-10-18(11-5-15)25(23,24)14-16-6-8-17(9-7-16)19(22)21-13-3-2-12-20;/h4-11H,2-3,12-14,20H2,1H3,(H,21,22);1H. The molecule has 0 heterocycles. The molecule has 1 amide bonds. The number of hydrogen-bond acceptors (Lipinski definition) is 4. The van der Waals surface area contributed by atoms with Crippen LogP contribution in [0.3, 0.4) is 0 Å². The second-order valence-corrected chi connectivity index (χ2v) is 8.01. The SMILES string of the molecule is Cc1ccc(S(=O)(=O)Cc2ccc(C(=O)NCCCCN)cc2)cc1.Cl. The van der Waals surface area contributed by atoms with Crippen molar-refractivity contribution in [3.8, 4) is 0 Å². The largest absolute Gasteiger partial charge is 0.352 e. The van der Waals surface area contributed by atoms with Crippen LogP contribution in [0.1, 0.15) is 34.3 Å². The summed E-state index contributed by atoms with van der Waals surface area (Å²) in [6, 6.07) is 13.5. The molecule has 0 fully saturated rings. The molecule has 2 aromatic carbocycles. The van der Waals surface area contributed by atoms with E-state index in [1.54, 1.807) is 48.5 Å². The highest BCUT2D eigenvalue weighted by atomic mass is 35.5. The van der Waals surface area contributed by atoms with E-state index < -0.39 is 9.84 Å². The van der Waals surface area contributed by atoms with Crippen LogP contribution in [0.2, 0.25) is 0 Å². The maximum absolute atomic E-state index is 12.4. The zero-order valence-electron chi connectivity index (χ0n) is 14.8. The van der Waals surface area contributed by atoms with Crippen LogP contribution in [-0.2, 0) is 15.6 Å². The number of sulfone groups is 1. The molecule has 0 aliphatic rings. The third kappa shape index (κ3) is 6.44. The lowest BCUT2D eigenvalue weighted by Gasteiger charge is -2.07. The van der Waals surface area contributed by atoms with E-state index in [1.165, 1.54) is 0 Å². The minimum Gasteiger partial charge on any atom is -0.352 e. The Bertz CT molecular complexity index is 804. The number of rotatable bonds is 8. The highest BCUT2D eigenvalue weighted by molar-refractivity contribution is 7.90. The monoisotopic (exact) mass is 396 g/mol. The minimum absolute atomic E-state index is 0. The number of unbranched alkanes of at least 4 members (excludes halogenated alkanes) is 1. The molecule has 0 aliphatic heterocycles. The van der Waals surface area contributed by atoms with E-state index in [9.17, 15) is 13.2 Å². The summed E-state index contributed by atoms with van der Waals surface area (Å²) in [4.78, 5) is 12.3. The van der Waals surface area contributed by atoms with Gasteiger partial charge in [0.2, 0.25) is 0 Å². The summed E-state index contributed by atoms with van der Waals surface area (Å²) in [5.74, 6) is -0.251. The number of nitrogens with two attached hydrogens (primary N) is 1. The Morgan fingerprint density at radius 1 is 1.00 bits per heavy atom. The number of aryl methyl sites for hydroxylation is 1. The zero-order valence-corrected chi connectivity index (χ0v) is 16.4. The molecule has 0 saturated carbocycles. The summed E-state index contributed by atoms with van der Waals surface area (Å²) in [5, 5.41) is 2.82. The molecule has 7 heteroatoms. The fraction of sp³-hybridized carbons (Fsp3) is 0.316. The second-order valence-electron chi connectivity index (χ2n) is 6.02. The smallest absolute Gasteiger partial charge is 0.251 e. The Hall–Kier alpha value is -1.89. The number of carbonyl (C=O) groups is 1. The highest BCUT2D eigenvalue weighted by Gasteiger charge is 2.15. The second kappa shape index (κ2) is 10.3. The molecule has 26 heavy (non-hydrogen) atoms. The summed E-state index contributed by atoms with van der Waals surface area (Å²) < 4.78 is 24.9. The Kier molecular flexibility index (Phi) is 8.78. The molecule has 0 unspecified atom stereocenters. The maximum Gasteiger partial charge on any atom is 0.251 e. The van der Waals surface area contributed by atoms with E-state index in [2.05, 4.69) is 5.32 Å². The number of nitrogens with one attached hydrogen (secondary N) is 1. The van der Waals surface area contributed by atoms with Gasteiger partial charge in [-0.15, -0.1) is 12.4 Å². The number of hydrogen-bond donors (Lipinski definition) is 2. The first-order valence-electron chi connectivity index (χ1n) is 8.29. The molecular weight excluding hydrogens is 372 g/mol. The van der Waals surface area contributed by atoms with E-state index in [4.69, 9.17) is 5.73 Å². The molecule has 0 bridgehead atoms. The van der Waals surface area contributed by atoms with Crippen LogP contribution in [0.5, 0.6) is 0 Å². The fourth-order valence-corrected chi connectivity index (χ4v) is 3.72. The lowest BCUT2D eigenvalue weighted by molar-refractivity contribution is 0.0953. The van der Waals surface area contributed by atoms with Crippen LogP contribution in [0.4, 0.5) is 0 Å². The lowest BCUT2D eigenvalue weighted by Crippen LogP contribution is -2.24. The van der Waals surface area contributed by atoms with E-state index in [-0.39, 0.29) is 24.1 Å². The number of amides is 1. The van der Waals surface area contributed by atoms with E-state index >= 15 is 0 Å². The molecule has 3 N–H and O–H groups in total. The third-order valence-electron chi connectivity index (χ3n) is 3.87. The normalized spacial score (nSPS) is 10.8. The number of benzene rings is 2. The van der Waals surface area contributed by atoms with Gasteiger partial charge in [0.05, 0.1) is 10.6 Å². The van der Waals surface area contributed by atoms with Crippen LogP contribution in [0, 0.1) is 6.92 Å². The third-order valence-corrected chi connectivity index (χ3v) is 5.57. The molecular formula is C19H25ClN2O3S. The van der Waals surface area contributed by atoms with Crippen molar-refractivity contribution in [1.29, 1.82) is 0 Å². The van der Waals surface area contributed by atoms with Gasteiger partial charge in [-0.25, -0.2) is 8.42 Å². The van der Waals surface area contributed by atoms with E-state index in [1.807, 2.05) is 6.92 Å². The van der Waals surface area contributed by atoms with Gasteiger partial charge in [-0.05, 0) is 56.1 Å². The van der Waals surface area contributed by atoms with Gasteiger partial charge >= 0.3 is 0 Å². The van der Waals surface area contributed by atoms with E-state index in [0.717, 1.165) is 18.4 Å². The van der Waals surface area contributed by atoms with Crippen LogP contribution in [0.25, 0.3) is 0 Å². The van der Waals surface area contributed by atoms with Crippen LogP contribution in [-0.4, -0.2) is 27.4 Å². The lowest BCUT2D eigenvalue weighted by atomic mass is 10.1. The quantitative estimate of drug-likeness (QED) is 0.671. The van der Waals surface area contributed by atoms with Crippen molar-refractivity contribution in [1.82, 2.24) is 5.32 Å². The average Bonchev–Trinajstić information content (AvgIpc) is 2.59. The average molecular weight is 397 g/mol. The van der Waals surface area contributed by atoms with Crippen molar-refractivity contribution in [3.63, 3.8) is 0 Å². The van der Waals surface area contributed by atoms with Gasteiger partial charge in [0.25, 0.3) is 5.91 Å². The van der Waals surface area contributed by atoms with Gasteiger partial charge in [0.15, 0.2) is 9.84 Å². The Morgan fingerprint density at radius 2 is 1.62 bits per heavy atom. The highest BCUT2D eigenvalue weighted by Crippen LogP contribution is 2.17. The summed E-state index contributed by atoms with van der Waals surface area (Å²) in [6.07, 6.45) is 1.71. The minimum atomic E-state index is -3.40. The van der Waals surface area contributed by atoms with Crippen LogP contribution >= 0.6 is 12.4 Å². The predicted octanol–water partition coefficient (Wildman–Crippen LogP) is 2.86. The summed E-state index contributed by atoms with van der Waals surface area (Å²) in [6.45, 7) is 3.11. The van der Waals surface area contributed by atoms with Gasteiger partial charge in [-0.3, -0.25) is 4.79 Å². The first-order chi connectivity index (χ1) is 11.9. The summed E-state index contributed by atoms with van der Waals surface area (Å²) in [7, 11) is -3.40. The molecule has 0 radical (unpaired) electrons. The first-order valence-corrected chi connectivity index (χ1v) is 9.94. The Balaban J connectivity index is 0.00000338. The molecule has 0 aliphatic carbocycles. The molecule has 2 aromatic rings. The van der Waals surface area contributed by atoms with Crippen molar-refractivity contribution in [2.45, 2.75) is 30.4 Å². The number of carbonyl (C=O) groups excluding carboxylic acids is 1. The van der Waals surface area contributed by atoms with Crippen LogP contribution < -0.4 is 11.1 Å².